The second-order valence-electron chi connectivity index (χ2n) is 5.88. The van der Waals surface area contributed by atoms with Crippen LogP contribution in [-0.2, 0) is 0 Å². The first-order valence-corrected chi connectivity index (χ1v) is 6.42. The van der Waals surface area contributed by atoms with Crippen LogP contribution in [0.3, 0.4) is 0 Å². The van der Waals surface area contributed by atoms with Gasteiger partial charge in [0.15, 0.2) is 0 Å². The number of anilines is 2. The summed E-state index contributed by atoms with van der Waals surface area (Å²) in [6.45, 7) is 10.3. The van der Waals surface area contributed by atoms with Gasteiger partial charge in [-0.3, -0.25) is 0 Å². The molecule has 18 heavy (non-hydrogen) atoms. The quantitative estimate of drug-likeness (QED) is 0.721. The maximum Gasteiger partial charge on any atom is 0.131 e. The lowest BCUT2D eigenvalue weighted by molar-refractivity contribution is 0.389. The Kier molecular flexibility index (Phi) is 5.34. The molecule has 5 nitrogen and oxygen atoms in total. The molecule has 0 radical (unpaired) electrons. The van der Waals surface area contributed by atoms with Gasteiger partial charge >= 0.3 is 0 Å². The van der Waals surface area contributed by atoms with E-state index >= 15 is 0 Å². The monoisotopic (exact) mass is 251 g/mol. The van der Waals surface area contributed by atoms with Crippen LogP contribution in [-0.4, -0.2) is 29.1 Å². The first-order valence-electron chi connectivity index (χ1n) is 6.42. The Hall–Kier alpha value is -1.36. The van der Waals surface area contributed by atoms with E-state index in [4.69, 9.17) is 5.73 Å². The summed E-state index contributed by atoms with van der Waals surface area (Å²) in [4.78, 5) is 8.34. The van der Waals surface area contributed by atoms with Crippen LogP contribution in [0.15, 0.2) is 12.4 Å². The molecule has 1 heterocycles. The minimum atomic E-state index is 0.109. The molecule has 0 saturated carbocycles. The summed E-state index contributed by atoms with van der Waals surface area (Å²) in [6, 6.07) is 2.02. The van der Waals surface area contributed by atoms with Gasteiger partial charge < -0.3 is 16.4 Å². The molecule has 5 heteroatoms. The Morgan fingerprint density at radius 3 is 2.39 bits per heavy atom. The summed E-state index contributed by atoms with van der Waals surface area (Å²) in [5.41, 5.74) is 6.01. The first-order chi connectivity index (χ1) is 8.37. The molecule has 0 saturated heterocycles. The van der Waals surface area contributed by atoms with Crippen LogP contribution in [0.25, 0.3) is 0 Å². The summed E-state index contributed by atoms with van der Waals surface area (Å²) >= 11 is 0. The Morgan fingerprint density at radius 2 is 1.83 bits per heavy atom. The van der Waals surface area contributed by atoms with Gasteiger partial charge in [0.1, 0.15) is 18.0 Å². The summed E-state index contributed by atoms with van der Waals surface area (Å²) in [6.07, 6.45) is 2.66. The van der Waals surface area contributed by atoms with Crippen molar-refractivity contribution in [1.82, 2.24) is 9.97 Å². The molecule has 4 N–H and O–H groups in total. The van der Waals surface area contributed by atoms with Crippen LogP contribution >= 0.6 is 0 Å². The van der Waals surface area contributed by atoms with Gasteiger partial charge in [-0.2, -0.15) is 0 Å². The Morgan fingerprint density at radius 1 is 1.22 bits per heavy atom. The zero-order valence-electron chi connectivity index (χ0n) is 11.8. The third kappa shape index (κ3) is 6.39. The van der Waals surface area contributed by atoms with Gasteiger partial charge in [0, 0.05) is 25.2 Å². The normalized spacial score (nSPS) is 13.2. The number of rotatable bonds is 6. The predicted molar refractivity (Wildman–Crippen MR) is 76.7 cm³/mol. The van der Waals surface area contributed by atoms with E-state index in [-0.39, 0.29) is 6.04 Å². The molecule has 1 aromatic heterocycles. The summed E-state index contributed by atoms with van der Waals surface area (Å²) in [7, 11) is 0. The van der Waals surface area contributed by atoms with E-state index in [0.29, 0.717) is 12.0 Å². The van der Waals surface area contributed by atoms with Crippen LogP contribution < -0.4 is 16.4 Å². The maximum atomic E-state index is 5.68. The number of hydrogen-bond acceptors (Lipinski definition) is 5. The van der Waals surface area contributed by atoms with Crippen molar-refractivity contribution >= 4 is 11.6 Å². The average Bonchev–Trinajstić information content (AvgIpc) is 2.25. The molecule has 0 aliphatic rings. The van der Waals surface area contributed by atoms with Crippen molar-refractivity contribution in [2.75, 3.05) is 23.7 Å². The van der Waals surface area contributed by atoms with Crippen molar-refractivity contribution in [1.29, 1.82) is 0 Å². The lowest BCUT2D eigenvalue weighted by Crippen LogP contribution is -2.25. The zero-order chi connectivity index (χ0) is 13.6. The minimum absolute atomic E-state index is 0.109. The van der Waals surface area contributed by atoms with Crippen molar-refractivity contribution in [3.63, 3.8) is 0 Å². The average molecular weight is 251 g/mol. The van der Waals surface area contributed by atoms with Crippen LogP contribution in [0.1, 0.15) is 34.1 Å². The highest BCUT2D eigenvalue weighted by Crippen LogP contribution is 2.18. The molecule has 1 unspecified atom stereocenters. The highest BCUT2D eigenvalue weighted by Gasteiger charge is 2.09. The molecule has 0 amide bonds. The third-order valence-corrected chi connectivity index (χ3v) is 2.45. The Balaban J connectivity index is 2.44. The topological polar surface area (TPSA) is 75.9 Å². The molecule has 0 spiro atoms. The van der Waals surface area contributed by atoms with Gasteiger partial charge in [-0.1, -0.05) is 20.8 Å². The third-order valence-electron chi connectivity index (χ3n) is 2.45. The molecule has 1 atom stereocenters. The van der Waals surface area contributed by atoms with Crippen LogP contribution in [0.2, 0.25) is 0 Å². The molecule has 0 fully saturated rings. The number of nitrogens with zero attached hydrogens (tertiary/aromatic N) is 2. The van der Waals surface area contributed by atoms with Crippen molar-refractivity contribution in [2.24, 2.45) is 11.1 Å². The van der Waals surface area contributed by atoms with Crippen molar-refractivity contribution in [3.05, 3.63) is 12.4 Å². The fraction of sp³-hybridized carbons (Fsp3) is 0.692. The van der Waals surface area contributed by atoms with Crippen molar-refractivity contribution < 1.29 is 0 Å². The smallest absolute Gasteiger partial charge is 0.131 e. The second kappa shape index (κ2) is 6.54. The van der Waals surface area contributed by atoms with Crippen molar-refractivity contribution in [3.8, 4) is 0 Å². The Labute approximate surface area is 110 Å². The fourth-order valence-corrected chi connectivity index (χ4v) is 1.38. The van der Waals surface area contributed by atoms with E-state index in [1.807, 2.05) is 13.0 Å². The van der Waals surface area contributed by atoms with Gasteiger partial charge in [0.25, 0.3) is 0 Å². The highest BCUT2D eigenvalue weighted by atomic mass is 15.1. The van der Waals surface area contributed by atoms with Gasteiger partial charge in [0.05, 0.1) is 0 Å². The van der Waals surface area contributed by atoms with Crippen LogP contribution in [0, 0.1) is 5.41 Å². The second-order valence-corrected chi connectivity index (χ2v) is 5.88. The maximum absolute atomic E-state index is 5.68. The van der Waals surface area contributed by atoms with E-state index in [0.717, 1.165) is 24.6 Å². The molecule has 1 aromatic rings. The molecular weight excluding hydrogens is 226 g/mol. The van der Waals surface area contributed by atoms with Gasteiger partial charge in [-0.05, 0) is 18.8 Å². The standard InChI is InChI=1S/C13H25N5/c1-10(14)8-16-12-7-11(17-9-18-12)15-6-5-13(2,3)4/h7,9-10H,5-6,8,14H2,1-4H3,(H2,15,16,17,18). The van der Waals surface area contributed by atoms with E-state index in [1.54, 1.807) is 6.33 Å². The summed E-state index contributed by atoms with van der Waals surface area (Å²) < 4.78 is 0. The molecular formula is C13H25N5. The highest BCUT2D eigenvalue weighted by molar-refractivity contribution is 5.46. The fourth-order valence-electron chi connectivity index (χ4n) is 1.38. The molecule has 102 valence electrons. The molecule has 0 aromatic carbocycles. The predicted octanol–water partition coefficient (Wildman–Crippen LogP) is 2.08. The summed E-state index contributed by atoms with van der Waals surface area (Å²) in [5.74, 6) is 1.65. The Bertz CT molecular complexity index is 357. The van der Waals surface area contributed by atoms with E-state index in [1.165, 1.54) is 0 Å². The number of aromatic nitrogens is 2. The van der Waals surface area contributed by atoms with Crippen LogP contribution in [0.4, 0.5) is 11.6 Å². The van der Waals surface area contributed by atoms with Gasteiger partial charge in [0.2, 0.25) is 0 Å². The minimum Gasteiger partial charge on any atom is -0.370 e. The zero-order valence-corrected chi connectivity index (χ0v) is 11.8. The van der Waals surface area contributed by atoms with Gasteiger partial charge in [-0.25, -0.2) is 9.97 Å². The van der Waals surface area contributed by atoms with Gasteiger partial charge in [-0.15, -0.1) is 0 Å². The van der Waals surface area contributed by atoms with E-state index in [2.05, 4.69) is 41.4 Å². The van der Waals surface area contributed by atoms with E-state index < -0.39 is 0 Å². The lowest BCUT2D eigenvalue weighted by Gasteiger charge is -2.18. The molecule has 0 aliphatic carbocycles. The van der Waals surface area contributed by atoms with Crippen molar-refractivity contribution in [2.45, 2.75) is 40.2 Å². The SMILES string of the molecule is CC(N)CNc1cc(NCCC(C)(C)C)ncn1. The molecule has 0 aliphatic heterocycles. The molecule has 0 bridgehead atoms. The summed E-state index contributed by atoms with van der Waals surface area (Å²) in [5, 5.41) is 6.48. The number of hydrogen-bond donors (Lipinski definition) is 3. The van der Waals surface area contributed by atoms with Crippen LogP contribution in [0.5, 0.6) is 0 Å². The van der Waals surface area contributed by atoms with E-state index in [9.17, 15) is 0 Å². The number of nitrogens with one attached hydrogen (secondary N) is 2. The molecule has 1 rings (SSSR count). The lowest BCUT2D eigenvalue weighted by atomic mass is 9.92. The first kappa shape index (κ1) is 14.7. The largest absolute Gasteiger partial charge is 0.370 e. The number of nitrogens with two attached hydrogens (primary N) is 1.